The van der Waals surface area contributed by atoms with Gasteiger partial charge in [-0.3, -0.25) is 4.68 Å². The lowest BCUT2D eigenvalue weighted by Gasteiger charge is -2.09. The number of nitrogens with zero attached hydrogens (tertiary/aromatic N) is 2. The fourth-order valence-corrected chi connectivity index (χ4v) is 2.75. The molecule has 2 aromatic heterocycles. The van der Waals surface area contributed by atoms with Gasteiger partial charge >= 0.3 is 0 Å². The maximum atomic E-state index is 10.2. The molecule has 0 bridgehead atoms. The van der Waals surface area contributed by atoms with Crippen molar-refractivity contribution in [3.8, 4) is 0 Å². The number of aryl methyl sites for hydroxylation is 2. The van der Waals surface area contributed by atoms with Crippen molar-refractivity contribution in [2.75, 3.05) is 0 Å². The van der Waals surface area contributed by atoms with Crippen LogP contribution in [0.4, 0.5) is 0 Å². The highest BCUT2D eigenvalue weighted by Gasteiger charge is 2.20. The summed E-state index contributed by atoms with van der Waals surface area (Å²) in [7, 11) is 1.83. The van der Waals surface area contributed by atoms with Gasteiger partial charge in [0.15, 0.2) is 4.67 Å². The molecule has 0 amide bonds. The van der Waals surface area contributed by atoms with Crippen molar-refractivity contribution in [1.29, 1.82) is 0 Å². The van der Waals surface area contributed by atoms with Crippen molar-refractivity contribution in [1.82, 2.24) is 9.78 Å². The van der Waals surface area contributed by atoms with Gasteiger partial charge in [-0.15, -0.1) is 0 Å². The maximum Gasteiger partial charge on any atom is 0.174 e. The van der Waals surface area contributed by atoms with E-state index in [9.17, 15) is 5.11 Å². The topological polar surface area (TPSA) is 51.2 Å². The van der Waals surface area contributed by atoms with Crippen molar-refractivity contribution in [3.05, 3.63) is 39.0 Å². The fourth-order valence-electron chi connectivity index (χ4n) is 1.88. The lowest BCUT2D eigenvalue weighted by Crippen LogP contribution is -2.06. The average Bonchev–Trinajstić information content (AvgIpc) is 2.87. The first-order chi connectivity index (χ1) is 8.54. The van der Waals surface area contributed by atoms with Gasteiger partial charge in [0.1, 0.15) is 0 Å². The highest BCUT2D eigenvalue weighted by atomic mass is 79.9. The van der Waals surface area contributed by atoms with Crippen LogP contribution in [0.2, 0.25) is 5.02 Å². The number of furan rings is 1. The average molecular weight is 334 g/mol. The van der Waals surface area contributed by atoms with E-state index in [4.69, 9.17) is 16.0 Å². The molecule has 0 fully saturated rings. The summed E-state index contributed by atoms with van der Waals surface area (Å²) in [4.78, 5) is 0. The van der Waals surface area contributed by atoms with E-state index < -0.39 is 6.10 Å². The normalized spacial score (nSPS) is 12.9. The van der Waals surface area contributed by atoms with Gasteiger partial charge in [0.2, 0.25) is 0 Å². The first-order valence-electron chi connectivity index (χ1n) is 5.65. The molecule has 0 aliphatic heterocycles. The number of hydrogen-bond acceptors (Lipinski definition) is 3. The van der Waals surface area contributed by atoms with Crippen molar-refractivity contribution < 1.29 is 9.52 Å². The quantitative estimate of drug-likeness (QED) is 0.934. The van der Waals surface area contributed by atoms with E-state index in [2.05, 4.69) is 21.0 Å². The van der Waals surface area contributed by atoms with Crippen LogP contribution in [0.5, 0.6) is 0 Å². The molecule has 18 heavy (non-hydrogen) atoms. The van der Waals surface area contributed by atoms with E-state index in [-0.39, 0.29) is 0 Å². The molecule has 1 unspecified atom stereocenters. The van der Waals surface area contributed by atoms with Crippen LogP contribution in [-0.2, 0) is 19.9 Å². The third-order valence-electron chi connectivity index (χ3n) is 2.89. The second kappa shape index (κ2) is 5.47. The van der Waals surface area contributed by atoms with Crippen LogP contribution >= 0.6 is 27.5 Å². The number of hydrogen-bond donors (Lipinski definition) is 1. The Morgan fingerprint density at radius 3 is 2.83 bits per heavy atom. The Kier molecular flexibility index (Phi) is 4.14. The van der Waals surface area contributed by atoms with Crippen LogP contribution in [0.15, 0.2) is 21.4 Å². The number of aromatic nitrogens is 2. The van der Waals surface area contributed by atoms with Crippen LogP contribution in [0.25, 0.3) is 0 Å². The Morgan fingerprint density at radius 2 is 2.33 bits per heavy atom. The summed E-state index contributed by atoms with van der Waals surface area (Å²) >= 11 is 9.50. The summed E-state index contributed by atoms with van der Waals surface area (Å²) in [6, 6.07) is 1.74. The van der Waals surface area contributed by atoms with E-state index >= 15 is 0 Å². The second-order valence-electron chi connectivity index (χ2n) is 4.05. The number of rotatable bonds is 4. The predicted octanol–water partition coefficient (Wildman–Crippen LogP) is 3.27. The molecule has 2 rings (SSSR count). The molecule has 0 saturated carbocycles. The van der Waals surface area contributed by atoms with Crippen molar-refractivity contribution >= 4 is 27.5 Å². The predicted molar refractivity (Wildman–Crippen MR) is 72.7 cm³/mol. The molecule has 4 nitrogen and oxygen atoms in total. The third-order valence-corrected chi connectivity index (χ3v) is 3.98. The summed E-state index contributed by atoms with van der Waals surface area (Å²) in [6.07, 6.45) is 2.04. The first-order valence-corrected chi connectivity index (χ1v) is 6.82. The molecule has 0 aliphatic rings. The Bertz CT molecular complexity index is 550. The maximum absolute atomic E-state index is 10.2. The summed E-state index contributed by atoms with van der Waals surface area (Å²) in [6.45, 7) is 2.00. The van der Waals surface area contributed by atoms with Gasteiger partial charge in [0.05, 0.1) is 28.8 Å². The lowest BCUT2D eigenvalue weighted by atomic mass is 10.1. The minimum atomic E-state index is -0.671. The van der Waals surface area contributed by atoms with Crippen molar-refractivity contribution in [2.45, 2.75) is 25.9 Å². The zero-order valence-corrected chi connectivity index (χ0v) is 12.5. The Labute approximate surface area is 119 Å². The standard InChI is InChI=1S/C12H14BrClN2O2/c1-3-8-11(14)9(16(2)15-8)6-10(17)7-4-5-18-12(7)13/h4-5,10,17H,3,6H2,1-2H3. The van der Waals surface area contributed by atoms with Crippen LogP contribution in [0, 0.1) is 0 Å². The Hall–Kier alpha value is -0.780. The lowest BCUT2D eigenvalue weighted by molar-refractivity contribution is 0.173. The SMILES string of the molecule is CCc1nn(C)c(CC(O)c2ccoc2Br)c1Cl. The number of aliphatic hydroxyl groups is 1. The largest absolute Gasteiger partial charge is 0.457 e. The molecule has 0 aromatic carbocycles. The molecule has 1 atom stereocenters. The van der Waals surface area contributed by atoms with Gasteiger partial charge in [-0.1, -0.05) is 18.5 Å². The second-order valence-corrected chi connectivity index (χ2v) is 5.15. The summed E-state index contributed by atoms with van der Waals surface area (Å²) in [5.74, 6) is 0. The molecule has 6 heteroatoms. The number of aliphatic hydroxyl groups excluding tert-OH is 1. The van der Waals surface area contributed by atoms with Gasteiger partial charge < -0.3 is 9.52 Å². The third kappa shape index (κ3) is 2.48. The molecule has 2 aromatic rings. The van der Waals surface area contributed by atoms with Crippen molar-refractivity contribution in [3.63, 3.8) is 0 Å². The molecule has 0 saturated heterocycles. The fraction of sp³-hybridized carbons (Fsp3) is 0.417. The molecule has 2 heterocycles. The van der Waals surface area contributed by atoms with Gasteiger partial charge in [-0.05, 0) is 28.4 Å². The minimum Gasteiger partial charge on any atom is -0.457 e. The van der Waals surface area contributed by atoms with E-state index in [1.807, 2.05) is 14.0 Å². The number of halogens is 2. The van der Waals surface area contributed by atoms with E-state index in [1.165, 1.54) is 6.26 Å². The summed E-state index contributed by atoms with van der Waals surface area (Å²) in [5, 5.41) is 15.1. The van der Waals surface area contributed by atoms with Gasteiger partial charge in [-0.2, -0.15) is 5.10 Å². The monoisotopic (exact) mass is 332 g/mol. The Morgan fingerprint density at radius 1 is 1.61 bits per heavy atom. The highest BCUT2D eigenvalue weighted by molar-refractivity contribution is 9.10. The summed E-state index contributed by atoms with van der Waals surface area (Å²) in [5.41, 5.74) is 2.40. The van der Waals surface area contributed by atoms with E-state index in [0.29, 0.717) is 21.7 Å². The Balaban J connectivity index is 2.24. The highest BCUT2D eigenvalue weighted by Crippen LogP contribution is 2.30. The van der Waals surface area contributed by atoms with Crippen molar-refractivity contribution in [2.24, 2.45) is 7.05 Å². The van der Waals surface area contributed by atoms with Crippen LogP contribution < -0.4 is 0 Å². The van der Waals surface area contributed by atoms with Gasteiger partial charge in [0, 0.05) is 19.0 Å². The van der Waals surface area contributed by atoms with Gasteiger partial charge in [-0.25, -0.2) is 0 Å². The molecule has 1 N–H and O–H groups in total. The smallest absolute Gasteiger partial charge is 0.174 e. The molecular formula is C12H14BrClN2O2. The molecule has 0 radical (unpaired) electrons. The van der Waals surface area contributed by atoms with E-state index in [1.54, 1.807) is 10.7 Å². The van der Waals surface area contributed by atoms with Crippen LogP contribution in [0.1, 0.15) is 30.0 Å². The molecule has 0 aliphatic carbocycles. The zero-order chi connectivity index (χ0) is 13.3. The minimum absolute atomic E-state index is 0.403. The van der Waals surface area contributed by atoms with Crippen LogP contribution in [-0.4, -0.2) is 14.9 Å². The summed E-state index contributed by atoms with van der Waals surface area (Å²) < 4.78 is 7.38. The van der Waals surface area contributed by atoms with Crippen LogP contribution in [0.3, 0.4) is 0 Å². The zero-order valence-electron chi connectivity index (χ0n) is 10.2. The van der Waals surface area contributed by atoms with E-state index in [0.717, 1.165) is 17.8 Å². The first kappa shape index (κ1) is 13.6. The van der Waals surface area contributed by atoms with Gasteiger partial charge in [0.25, 0.3) is 0 Å². The molecule has 98 valence electrons. The molecular weight excluding hydrogens is 320 g/mol. The molecule has 0 spiro atoms.